The molecule has 0 bridgehead atoms. The molecule has 13 heavy (non-hydrogen) atoms. The molecule has 1 heterocycles. The molecular weight excluding hydrogens is 164 g/mol. The van der Waals surface area contributed by atoms with Crippen molar-refractivity contribution in [2.45, 2.75) is 45.1 Å². The molecule has 76 valence electrons. The van der Waals surface area contributed by atoms with Crippen LogP contribution in [0.2, 0.25) is 0 Å². The lowest BCUT2D eigenvalue weighted by atomic mass is 9.87. The summed E-state index contributed by atoms with van der Waals surface area (Å²) in [7, 11) is 0. The van der Waals surface area contributed by atoms with Crippen LogP contribution in [0, 0.1) is 0 Å². The average molecular weight is 184 g/mol. The molecule has 1 saturated heterocycles. The van der Waals surface area contributed by atoms with Crippen molar-refractivity contribution >= 4 is 5.91 Å². The predicted molar refractivity (Wildman–Crippen MR) is 53.6 cm³/mol. The van der Waals surface area contributed by atoms with Gasteiger partial charge in [-0.15, -0.1) is 0 Å². The maximum absolute atomic E-state index is 11.3. The molecule has 3 nitrogen and oxygen atoms in total. The Kier molecular flexibility index (Phi) is 3.72. The van der Waals surface area contributed by atoms with Gasteiger partial charge in [0, 0.05) is 13.0 Å². The standard InChI is InChI=1S/C10H20N2O/c1-3-9(13)12-10(4-2)6-5-7-11-8-10/h11H,3-8H2,1-2H3,(H,12,13). The Labute approximate surface area is 80.3 Å². The Balaban J connectivity index is 2.52. The third-order valence-corrected chi connectivity index (χ3v) is 2.87. The summed E-state index contributed by atoms with van der Waals surface area (Å²) < 4.78 is 0. The molecule has 1 aliphatic rings. The Bertz CT molecular complexity index is 174. The molecule has 0 aliphatic carbocycles. The fourth-order valence-corrected chi connectivity index (χ4v) is 1.85. The molecule has 1 rings (SSSR count). The summed E-state index contributed by atoms with van der Waals surface area (Å²) in [6.07, 6.45) is 3.88. The van der Waals surface area contributed by atoms with Gasteiger partial charge in [0.15, 0.2) is 0 Å². The van der Waals surface area contributed by atoms with Gasteiger partial charge in [-0.2, -0.15) is 0 Å². The molecule has 1 unspecified atom stereocenters. The number of hydrogen-bond acceptors (Lipinski definition) is 2. The zero-order chi connectivity index (χ0) is 9.73. The summed E-state index contributed by atoms with van der Waals surface area (Å²) in [6.45, 7) is 6.05. The molecule has 0 spiro atoms. The summed E-state index contributed by atoms with van der Waals surface area (Å²) in [6, 6.07) is 0. The average Bonchev–Trinajstić information content (AvgIpc) is 2.19. The topological polar surface area (TPSA) is 41.1 Å². The lowest BCUT2D eigenvalue weighted by Crippen LogP contribution is -2.57. The summed E-state index contributed by atoms with van der Waals surface area (Å²) in [5, 5.41) is 6.47. The molecule has 1 amide bonds. The van der Waals surface area contributed by atoms with Crippen molar-refractivity contribution in [3.63, 3.8) is 0 Å². The normalized spacial score (nSPS) is 28.5. The molecule has 1 aliphatic heterocycles. The van der Waals surface area contributed by atoms with Crippen LogP contribution in [0.3, 0.4) is 0 Å². The van der Waals surface area contributed by atoms with Crippen LogP contribution >= 0.6 is 0 Å². The maximum Gasteiger partial charge on any atom is 0.220 e. The third kappa shape index (κ3) is 2.69. The van der Waals surface area contributed by atoms with E-state index in [1.807, 2.05) is 6.92 Å². The fraction of sp³-hybridized carbons (Fsp3) is 0.900. The zero-order valence-corrected chi connectivity index (χ0v) is 8.65. The van der Waals surface area contributed by atoms with E-state index < -0.39 is 0 Å². The van der Waals surface area contributed by atoms with E-state index in [2.05, 4.69) is 17.6 Å². The van der Waals surface area contributed by atoms with Gasteiger partial charge in [-0.05, 0) is 25.8 Å². The highest BCUT2D eigenvalue weighted by atomic mass is 16.1. The first-order valence-electron chi connectivity index (χ1n) is 5.24. The van der Waals surface area contributed by atoms with E-state index in [1.54, 1.807) is 0 Å². The second-order valence-corrected chi connectivity index (χ2v) is 3.82. The monoisotopic (exact) mass is 184 g/mol. The van der Waals surface area contributed by atoms with Crippen molar-refractivity contribution < 1.29 is 4.79 Å². The SMILES string of the molecule is CCC(=O)NC1(CC)CCCNC1. The summed E-state index contributed by atoms with van der Waals surface area (Å²) in [5.41, 5.74) is 0.0331. The van der Waals surface area contributed by atoms with Gasteiger partial charge in [0.05, 0.1) is 5.54 Å². The van der Waals surface area contributed by atoms with Gasteiger partial charge in [0.1, 0.15) is 0 Å². The van der Waals surface area contributed by atoms with Crippen LogP contribution < -0.4 is 10.6 Å². The molecule has 3 heteroatoms. The van der Waals surface area contributed by atoms with Crippen molar-refractivity contribution in [3.05, 3.63) is 0 Å². The third-order valence-electron chi connectivity index (χ3n) is 2.87. The van der Waals surface area contributed by atoms with Gasteiger partial charge in [-0.1, -0.05) is 13.8 Å². The molecule has 0 aromatic rings. The van der Waals surface area contributed by atoms with Crippen LogP contribution in [0.5, 0.6) is 0 Å². The minimum atomic E-state index is 0.0331. The molecular formula is C10H20N2O. The number of rotatable bonds is 3. The number of nitrogens with one attached hydrogen (secondary N) is 2. The number of carbonyl (C=O) groups is 1. The van der Waals surface area contributed by atoms with Crippen molar-refractivity contribution in [2.75, 3.05) is 13.1 Å². The van der Waals surface area contributed by atoms with E-state index in [1.165, 1.54) is 0 Å². The van der Waals surface area contributed by atoms with Crippen molar-refractivity contribution in [1.29, 1.82) is 0 Å². The quantitative estimate of drug-likeness (QED) is 0.688. The Hall–Kier alpha value is -0.570. The molecule has 2 N–H and O–H groups in total. The molecule has 0 saturated carbocycles. The second kappa shape index (κ2) is 4.61. The summed E-state index contributed by atoms with van der Waals surface area (Å²) >= 11 is 0. The minimum absolute atomic E-state index is 0.0331. The van der Waals surface area contributed by atoms with Gasteiger partial charge in [0.25, 0.3) is 0 Å². The highest BCUT2D eigenvalue weighted by Crippen LogP contribution is 2.19. The van der Waals surface area contributed by atoms with Crippen LogP contribution in [-0.4, -0.2) is 24.5 Å². The van der Waals surface area contributed by atoms with Crippen LogP contribution in [0.1, 0.15) is 39.5 Å². The van der Waals surface area contributed by atoms with E-state index >= 15 is 0 Å². The highest BCUT2D eigenvalue weighted by Gasteiger charge is 2.30. The number of carbonyl (C=O) groups excluding carboxylic acids is 1. The van der Waals surface area contributed by atoms with Crippen molar-refractivity contribution in [2.24, 2.45) is 0 Å². The first-order valence-corrected chi connectivity index (χ1v) is 5.24. The first-order chi connectivity index (χ1) is 6.22. The van der Waals surface area contributed by atoms with E-state index in [0.717, 1.165) is 32.4 Å². The van der Waals surface area contributed by atoms with Crippen LogP contribution in [0.15, 0.2) is 0 Å². The molecule has 1 fully saturated rings. The van der Waals surface area contributed by atoms with E-state index in [-0.39, 0.29) is 11.4 Å². The van der Waals surface area contributed by atoms with Gasteiger partial charge in [-0.3, -0.25) is 4.79 Å². The van der Waals surface area contributed by atoms with Crippen LogP contribution in [0.4, 0.5) is 0 Å². The summed E-state index contributed by atoms with van der Waals surface area (Å²) in [5.74, 6) is 0.172. The van der Waals surface area contributed by atoms with Gasteiger partial charge in [0.2, 0.25) is 5.91 Å². The van der Waals surface area contributed by atoms with Gasteiger partial charge in [-0.25, -0.2) is 0 Å². The minimum Gasteiger partial charge on any atom is -0.349 e. The lowest BCUT2D eigenvalue weighted by molar-refractivity contribution is -0.123. The largest absolute Gasteiger partial charge is 0.349 e. The lowest BCUT2D eigenvalue weighted by Gasteiger charge is -2.37. The first kappa shape index (κ1) is 10.5. The number of amides is 1. The smallest absolute Gasteiger partial charge is 0.220 e. The van der Waals surface area contributed by atoms with Gasteiger partial charge >= 0.3 is 0 Å². The molecule has 0 aromatic heterocycles. The van der Waals surface area contributed by atoms with Crippen molar-refractivity contribution in [1.82, 2.24) is 10.6 Å². The van der Waals surface area contributed by atoms with E-state index in [4.69, 9.17) is 0 Å². The van der Waals surface area contributed by atoms with E-state index in [0.29, 0.717) is 6.42 Å². The number of piperidine rings is 1. The summed E-state index contributed by atoms with van der Waals surface area (Å²) in [4.78, 5) is 11.3. The maximum atomic E-state index is 11.3. The Morgan fingerprint density at radius 2 is 2.31 bits per heavy atom. The second-order valence-electron chi connectivity index (χ2n) is 3.82. The van der Waals surface area contributed by atoms with Crippen LogP contribution in [-0.2, 0) is 4.79 Å². The zero-order valence-electron chi connectivity index (χ0n) is 8.65. The predicted octanol–water partition coefficient (Wildman–Crippen LogP) is 1.04. The van der Waals surface area contributed by atoms with E-state index in [9.17, 15) is 4.79 Å². The molecule has 0 radical (unpaired) electrons. The van der Waals surface area contributed by atoms with Crippen LogP contribution in [0.25, 0.3) is 0 Å². The number of hydrogen-bond donors (Lipinski definition) is 2. The Morgan fingerprint density at radius 3 is 2.77 bits per heavy atom. The van der Waals surface area contributed by atoms with Crippen molar-refractivity contribution in [3.8, 4) is 0 Å². The highest BCUT2D eigenvalue weighted by molar-refractivity contribution is 5.76. The fourth-order valence-electron chi connectivity index (χ4n) is 1.85. The molecule has 0 aromatic carbocycles. The Morgan fingerprint density at radius 1 is 1.54 bits per heavy atom. The molecule has 1 atom stereocenters. The van der Waals surface area contributed by atoms with Gasteiger partial charge < -0.3 is 10.6 Å².